The molecule has 88 heavy (non-hydrogen) atoms. The van der Waals surface area contributed by atoms with Gasteiger partial charge in [0.25, 0.3) is 5.91 Å². The fourth-order valence-corrected chi connectivity index (χ4v) is 12.1. The Morgan fingerprint density at radius 1 is 0.534 bits per heavy atom. The zero-order valence-corrected chi connectivity index (χ0v) is 49.7. The number of nitrogens with one attached hydrogen (secondary N) is 8. The van der Waals surface area contributed by atoms with Crippen molar-refractivity contribution in [2.75, 3.05) is 45.8 Å². The van der Waals surface area contributed by atoms with E-state index >= 15 is 0 Å². The fraction of sp³-hybridized carbons (Fsp3) is 0.296. The van der Waals surface area contributed by atoms with E-state index in [4.69, 9.17) is 22.3 Å². The third kappa shape index (κ3) is 18.0. The Hall–Kier alpha value is -9.58. The number of nitrogens with zero attached hydrogens (tertiary/aromatic N) is 2. The maximum atomic E-state index is 14.2. The molecule has 8 aromatic carbocycles. The van der Waals surface area contributed by atoms with Gasteiger partial charge in [0, 0.05) is 75.3 Å². The second kappa shape index (κ2) is 31.7. The van der Waals surface area contributed by atoms with Crippen LogP contribution in [0.4, 0.5) is 4.79 Å². The van der Waals surface area contributed by atoms with Crippen LogP contribution in [0.3, 0.4) is 0 Å². The van der Waals surface area contributed by atoms with Crippen molar-refractivity contribution >= 4 is 57.3 Å². The number of amides is 4. The summed E-state index contributed by atoms with van der Waals surface area (Å²) in [5.41, 5.74) is 17.2. The van der Waals surface area contributed by atoms with Gasteiger partial charge in [0.2, 0.25) is 11.8 Å². The standard InChI is InChI=1S/C36H42N6O3.C35H40N6O2/c37-35(38)39-20-9-16-32-34(43)42(24-30(27-11-3-1-4-12-27)28-13-5-2-6-14-28)21-19-31(40-32)33(41-36(44)45)23-25-17-18-26-10-7-8-15-29(26)22-25;36-35(37)38-20-9-16-32-34(43)41(24-31(26-11-3-1-4-12-26)27-13-5-2-6-14-27)21-19-30(40-32)23-39-33(42)29-18-17-25-10-7-8-15-28(25)22-29/h1-8,10-15,17-18,22,30-33,40-41H,9,16,19-21,23-24H2,(H,44,45)(H4,37,38,39);1-8,10-15,17-18,22,30-32,40H,9,16,19-21,23-24H2,(H,39,42)(H4,36,37,38)/t31-,32-,33+;30-,32-/m00/s1. The summed E-state index contributed by atoms with van der Waals surface area (Å²) < 4.78 is 0. The van der Waals surface area contributed by atoms with Gasteiger partial charge < -0.3 is 58.3 Å². The van der Waals surface area contributed by atoms with E-state index in [-0.39, 0.29) is 53.6 Å². The SMILES string of the molecule is N=C(N)NCCC[C@@H]1N[C@H](CNC(=O)c2ccc3ccccc3c2)CCN(CC(c2ccccc2)c2ccccc2)C1=O.N=C(N)NCCC[C@@H]1N[C@H]([C@@H](Cc2ccc3ccccc3c2)NC(=O)O)CCN(CC(c2ccccc2)c2ccccc2)C1=O. The molecule has 17 nitrogen and oxygen atoms in total. The largest absolute Gasteiger partial charge is 0.465 e. The summed E-state index contributed by atoms with van der Waals surface area (Å²) in [6.45, 7) is 3.54. The summed E-state index contributed by atoms with van der Waals surface area (Å²) in [4.78, 5) is 57.2. The van der Waals surface area contributed by atoms with Crippen LogP contribution in [0.1, 0.15) is 88.5 Å². The number of benzene rings is 8. The quantitative estimate of drug-likeness (QED) is 0.0164. The average molecular weight is 1180 g/mol. The Labute approximate surface area is 515 Å². The van der Waals surface area contributed by atoms with Gasteiger partial charge in [-0.3, -0.25) is 25.2 Å². The van der Waals surface area contributed by atoms with E-state index in [9.17, 15) is 24.3 Å². The smallest absolute Gasteiger partial charge is 0.404 e. The van der Waals surface area contributed by atoms with Gasteiger partial charge >= 0.3 is 6.09 Å². The predicted octanol–water partition coefficient (Wildman–Crippen LogP) is 8.90. The monoisotopic (exact) mass is 1180 g/mol. The minimum Gasteiger partial charge on any atom is -0.465 e. The zero-order chi connectivity index (χ0) is 61.6. The molecule has 2 saturated heterocycles. The van der Waals surface area contributed by atoms with Gasteiger partial charge in [-0.05, 0) is 106 Å². The number of hydrogen-bond acceptors (Lipinski definition) is 8. The highest BCUT2D eigenvalue weighted by atomic mass is 16.4. The van der Waals surface area contributed by atoms with E-state index in [0.29, 0.717) is 96.3 Å². The van der Waals surface area contributed by atoms with Crippen LogP contribution in [0.5, 0.6) is 0 Å². The fourth-order valence-electron chi connectivity index (χ4n) is 12.1. The van der Waals surface area contributed by atoms with Crippen molar-refractivity contribution in [2.45, 2.75) is 87.0 Å². The number of carbonyl (C=O) groups is 4. The van der Waals surface area contributed by atoms with Crippen LogP contribution in [0.25, 0.3) is 21.5 Å². The lowest BCUT2D eigenvalue weighted by atomic mass is 9.90. The van der Waals surface area contributed by atoms with Crippen LogP contribution < -0.4 is 43.4 Å². The van der Waals surface area contributed by atoms with Crippen molar-refractivity contribution in [2.24, 2.45) is 11.5 Å². The maximum Gasteiger partial charge on any atom is 0.404 e. The molecule has 2 fully saturated rings. The van der Waals surface area contributed by atoms with E-state index < -0.39 is 24.2 Å². The molecule has 2 heterocycles. The Morgan fingerprint density at radius 3 is 1.44 bits per heavy atom. The summed E-state index contributed by atoms with van der Waals surface area (Å²) in [6.07, 6.45) is 3.09. The molecule has 17 heteroatoms. The van der Waals surface area contributed by atoms with Crippen molar-refractivity contribution < 1.29 is 24.3 Å². The van der Waals surface area contributed by atoms with E-state index in [1.54, 1.807) is 0 Å². The van der Waals surface area contributed by atoms with Crippen molar-refractivity contribution in [3.05, 3.63) is 240 Å². The molecule has 2 aliphatic heterocycles. The van der Waals surface area contributed by atoms with Crippen LogP contribution in [-0.4, -0.2) is 127 Å². The molecule has 0 saturated carbocycles. The van der Waals surface area contributed by atoms with Crippen molar-refractivity contribution in [3.8, 4) is 0 Å². The topological polar surface area (TPSA) is 267 Å². The molecule has 0 spiro atoms. The lowest BCUT2D eigenvalue weighted by Crippen LogP contribution is -2.54. The van der Waals surface area contributed by atoms with Crippen LogP contribution in [0.2, 0.25) is 0 Å². The molecular weight excluding hydrogens is 1100 g/mol. The Morgan fingerprint density at radius 2 is 0.966 bits per heavy atom. The van der Waals surface area contributed by atoms with Gasteiger partial charge in [-0.1, -0.05) is 194 Å². The highest BCUT2D eigenvalue weighted by molar-refractivity contribution is 5.98. The summed E-state index contributed by atoms with van der Waals surface area (Å²) >= 11 is 0. The lowest BCUT2D eigenvalue weighted by Gasteiger charge is -2.30. The molecule has 456 valence electrons. The number of guanidine groups is 2. The number of hydrogen-bond donors (Lipinski definition) is 11. The first kappa shape index (κ1) is 62.9. The molecule has 0 radical (unpaired) electrons. The minimum absolute atomic E-state index is 0.00281. The molecule has 4 amide bonds. The van der Waals surface area contributed by atoms with Gasteiger partial charge in [0.05, 0.1) is 18.1 Å². The van der Waals surface area contributed by atoms with Crippen molar-refractivity contribution in [1.82, 2.24) is 41.7 Å². The van der Waals surface area contributed by atoms with E-state index in [0.717, 1.165) is 38.2 Å². The third-order valence-corrected chi connectivity index (χ3v) is 16.7. The van der Waals surface area contributed by atoms with Gasteiger partial charge in [0.15, 0.2) is 11.9 Å². The summed E-state index contributed by atoms with van der Waals surface area (Å²) in [5, 5.41) is 47.8. The summed E-state index contributed by atoms with van der Waals surface area (Å²) in [7, 11) is 0. The Balaban J connectivity index is 0.000000210. The second-order valence-electron chi connectivity index (χ2n) is 22.8. The normalized spacial score (nSPS) is 17.3. The first-order chi connectivity index (χ1) is 42.8. The van der Waals surface area contributed by atoms with Crippen molar-refractivity contribution in [3.63, 3.8) is 0 Å². The number of fused-ring (bicyclic) bond motifs is 2. The van der Waals surface area contributed by atoms with Gasteiger partial charge in [0.1, 0.15) is 0 Å². The molecule has 10 rings (SSSR count). The average Bonchev–Trinajstić information content (AvgIpc) is 3.06. The molecule has 13 N–H and O–H groups in total. The number of carboxylic acid groups (broad SMARTS) is 1. The number of nitrogens with two attached hydrogens (primary N) is 2. The molecule has 8 aromatic rings. The minimum atomic E-state index is -1.09. The van der Waals surface area contributed by atoms with Gasteiger partial charge in [-0.15, -0.1) is 0 Å². The van der Waals surface area contributed by atoms with Crippen LogP contribution in [0.15, 0.2) is 206 Å². The molecule has 0 aliphatic carbocycles. The zero-order valence-electron chi connectivity index (χ0n) is 49.7. The molecule has 5 atom stereocenters. The van der Waals surface area contributed by atoms with Crippen molar-refractivity contribution in [1.29, 1.82) is 10.8 Å². The highest BCUT2D eigenvalue weighted by Gasteiger charge is 2.37. The molecule has 0 unspecified atom stereocenters. The Bertz CT molecular complexity index is 3500. The summed E-state index contributed by atoms with van der Waals surface area (Å²) in [5.74, 6) is -0.238. The lowest BCUT2D eigenvalue weighted by molar-refractivity contribution is -0.133. The molecular formula is C71H82N12O5. The number of carbonyl (C=O) groups excluding carboxylic acids is 3. The van der Waals surface area contributed by atoms with E-state index in [2.05, 4.69) is 105 Å². The third-order valence-electron chi connectivity index (χ3n) is 16.7. The highest BCUT2D eigenvalue weighted by Crippen LogP contribution is 2.30. The second-order valence-corrected chi connectivity index (χ2v) is 22.8. The van der Waals surface area contributed by atoms with Gasteiger partial charge in [-0.2, -0.15) is 0 Å². The molecule has 2 aliphatic rings. The maximum absolute atomic E-state index is 14.2. The van der Waals surface area contributed by atoms with Gasteiger partial charge in [-0.25, -0.2) is 4.79 Å². The Kier molecular flexibility index (Phi) is 22.7. The van der Waals surface area contributed by atoms with Crippen LogP contribution in [-0.2, 0) is 16.0 Å². The number of rotatable bonds is 23. The van der Waals surface area contributed by atoms with E-state index in [1.165, 1.54) is 11.1 Å². The van der Waals surface area contributed by atoms with E-state index in [1.807, 2.05) is 143 Å². The van der Waals surface area contributed by atoms with Crippen LogP contribution in [0, 0.1) is 10.8 Å². The molecule has 0 bridgehead atoms. The first-order valence-corrected chi connectivity index (χ1v) is 30.5. The molecule has 0 aromatic heterocycles. The first-order valence-electron chi connectivity index (χ1n) is 30.5. The van der Waals surface area contributed by atoms with Crippen LogP contribution >= 0.6 is 0 Å². The summed E-state index contributed by atoms with van der Waals surface area (Å²) in [6, 6.07) is 67.4. The predicted molar refractivity (Wildman–Crippen MR) is 350 cm³/mol.